The van der Waals surface area contributed by atoms with Crippen LogP contribution in [0.3, 0.4) is 0 Å². The number of aromatic nitrogens is 2. The van der Waals surface area contributed by atoms with Crippen LogP contribution in [0.5, 0.6) is 5.75 Å². The summed E-state index contributed by atoms with van der Waals surface area (Å²) in [5.41, 5.74) is 2.38. The standard InChI is InChI=1S/C20H28N4O2S/c1-26-19-5-3-4-16(10-19)14-24-8-7-23(15-18(24)6-9-25)13-17-11-21-20(27-2)22-12-17/h3-5,10-12,18,25H,6-9,13-15H2,1-2H3. The van der Waals surface area contributed by atoms with Gasteiger partial charge in [-0.25, -0.2) is 9.97 Å². The van der Waals surface area contributed by atoms with Crippen LogP contribution < -0.4 is 4.74 Å². The predicted molar refractivity (Wildman–Crippen MR) is 108 cm³/mol. The van der Waals surface area contributed by atoms with Crippen molar-refractivity contribution in [1.29, 1.82) is 0 Å². The lowest BCUT2D eigenvalue weighted by Gasteiger charge is -2.41. The van der Waals surface area contributed by atoms with Crippen LogP contribution >= 0.6 is 11.8 Å². The summed E-state index contributed by atoms with van der Waals surface area (Å²) in [7, 11) is 1.70. The molecule has 1 aromatic heterocycles. The van der Waals surface area contributed by atoms with E-state index in [0.29, 0.717) is 6.04 Å². The summed E-state index contributed by atoms with van der Waals surface area (Å²) in [6, 6.07) is 8.56. The smallest absolute Gasteiger partial charge is 0.187 e. The van der Waals surface area contributed by atoms with Crippen LogP contribution in [0, 0.1) is 0 Å². The minimum absolute atomic E-state index is 0.207. The quantitative estimate of drug-likeness (QED) is 0.550. The summed E-state index contributed by atoms with van der Waals surface area (Å²) < 4.78 is 5.34. The van der Waals surface area contributed by atoms with Crippen LogP contribution in [0.25, 0.3) is 0 Å². The van der Waals surface area contributed by atoms with Crippen molar-refractivity contribution in [2.75, 3.05) is 39.6 Å². The Kier molecular flexibility index (Phi) is 7.46. The zero-order valence-corrected chi connectivity index (χ0v) is 16.9. The highest BCUT2D eigenvalue weighted by molar-refractivity contribution is 7.98. The summed E-state index contributed by atoms with van der Waals surface area (Å²) in [6.07, 6.45) is 6.60. The van der Waals surface area contributed by atoms with E-state index in [1.54, 1.807) is 18.9 Å². The highest BCUT2D eigenvalue weighted by Gasteiger charge is 2.26. The Morgan fingerprint density at radius 3 is 2.70 bits per heavy atom. The SMILES string of the molecule is COc1cccc(CN2CCN(Cc3cnc(SC)nc3)CC2CCO)c1. The number of aliphatic hydroxyl groups excluding tert-OH is 1. The minimum atomic E-state index is 0.207. The molecular formula is C20H28N4O2S. The van der Waals surface area contributed by atoms with E-state index in [0.717, 1.165) is 55.6 Å². The van der Waals surface area contributed by atoms with Gasteiger partial charge in [-0.05, 0) is 30.4 Å². The van der Waals surface area contributed by atoms with Crippen molar-refractivity contribution in [3.05, 3.63) is 47.8 Å². The molecule has 1 N–H and O–H groups in total. The fourth-order valence-electron chi connectivity index (χ4n) is 3.53. The number of thioether (sulfide) groups is 1. The average molecular weight is 389 g/mol. The Labute approximate surface area is 165 Å². The molecule has 0 radical (unpaired) electrons. The van der Waals surface area contributed by atoms with Crippen molar-refractivity contribution in [2.45, 2.75) is 30.7 Å². The number of piperazine rings is 1. The van der Waals surface area contributed by atoms with Crippen molar-refractivity contribution in [1.82, 2.24) is 19.8 Å². The van der Waals surface area contributed by atoms with Crippen molar-refractivity contribution < 1.29 is 9.84 Å². The second-order valence-corrected chi connectivity index (χ2v) is 7.57. The lowest BCUT2D eigenvalue weighted by atomic mass is 10.1. The van der Waals surface area contributed by atoms with Crippen LogP contribution in [-0.2, 0) is 13.1 Å². The van der Waals surface area contributed by atoms with Crippen molar-refractivity contribution >= 4 is 11.8 Å². The van der Waals surface area contributed by atoms with Crippen molar-refractivity contribution in [3.63, 3.8) is 0 Å². The van der Waals surface area contributed by atoms with Gasteiger partial charge in [-0.2, -0.15) is 0 Å². The molecule has 0 saturated carbocycles. The summed E-state index contributed by atoms with van der Waals surface area (Å²) in [5, 5.41) is 10.3. The molecule has 146 valence electrons. The van der Waals surface area contributed by atoms with Crippen LogP contribution in [0.4, 0.5) is 0 Å². The number of nitrogens with zero attached hydrogens (tertiary/aromatic N) is 4. The van der Waals surface area contributed by atoms with E-state index in [1.807, 2.05) is 30.8 Å². The molecule has 0 amide bonds. The monoisotopic (exact) mass is 388 g/mol. The molecule has 1 aliphatic heterocycles. The Morgan fingerprint density at radius 1 is 1.19 bits per heavy atom. The summed E-state index contributed by atoms with van der Waals surface area (Å²) in [4.78, 5) is 13.6. The zero-order valence-electron chi connectivity index (χ0n) is 16.0. The first-order chi connectivity index (χ1) is 13.2. The first-order valence-corrected chi connectivity index (χ1v) is 10.5. The fourth-order valence-corrected chi connectivity index (χ4v) is 3.84. The van der Waals surface area contributed by atoms with E-state index >= 15 is 0 Å². The number of benzene rings is 1. The molecule has 1 unspecified atom stereocenters. The minimum Gasteiger partial charge on any atom is -0.497 e. The highest BCUT2D eigenvalue weighted by Crippen LogP contribution is 2.20. The molecule has 1 fully saturated rings. The maximum Gasteiger partial charge on any atom is 0.187 e. The lowest BCUT2D eigenvalue weighted by molar-refractivity contribution is 0.0498. The summed E-state index contributed by atoms with van der Waals surface area (Å²) in [5.74, 6) is 0.888. The third-order valence-corrected chi connectivity index (χ3v) is 5.52. The second-order valence-electron chi connectivity index (χ2n) is 6.80. The van der Waals surface area contributed by atoms with Crippen LogP contribution in [0.15, 0.2) is 41.8 Å². The van der Waals surface area contributed by atoms with Gasteiger partial charge in [0.15, 0.2) is 5.16 Å². The number of hydrogen-bond donors (Lipinski definition) is 1. The van der Waals surface area contributed by atoms with Crippen LogP contribution in [-0.4, -0.2) is 70.5 Å². The van der Waals surface area contributed by atoms with E-state index in [9.17, 15) is 5.11 Å². The van der Waals surface area contributed by atoms with Gasteiger partial charge < -0.3 is 9.84 Å². The van der Waals surface area contributed by atoms with E-state index in [-0.39, 0.29) is 6.61 Å². The van der Waals surface area contributed by atoms with Crippen molar-refractivity contribution in [2.24, 2.45) is 0 Å². The highest BCUT2D eigenvalue weighted by atomic mass is 32.2. The Balaban J connectivity index is 1.61. The Morgan fingerprint density at radius 2 is 2.00 bits per heavy atom. The molecule has 27 heavy (non-hydrogen) atoms. The summed E-state index contributed by atoms with van der Waals surface area (Å²) in [6.45, 7) is 4.85. The van der Waals surface area contributed by atoms with Gasteiger partial charge in [-0.15, -0.1) is 0 Å². The number of methoxy groups -OCH3 is 1. The van der Waals surface area contributed by atoms with E-state index in [4.69, 9.17) is 4.74 Å². The first kappa shape index (κ1) is 20.1. The van der Waals surface area contributed by atoms with E-state index in [1.165, 1.54) is 5.56 Å². The lowest BCUT2D eigenvalue weighted by Crippen LogP contribution is -2.52. The number of ether oxygens (including phenoxy) is 1. The van der Waals surface area contributed by atoms with Crippen LogP contribution in [0.2, 0.25) is 0 Å². The topological polar surface area (TPSA) is 61.7 Å². The van der Waals surface area contributed by atoms with Gasteiger partial charge in [0, 0.05) is 63.3 Å². The molecule has 6 nitrogen and oxygen atoms in total. The molecule has 2 heterocycles. The van der Waals surface area contributed by atoms with Crippen molar-refractivity contribution in [3.8, 4) is 5.75 Å². The molecule has 0 aliphatic carbocycles. The number of aliphatic hydroxyl groups is 1. The summed E-state index contributed by atoms with van der Waals surface area (Å²) >= 11 is 1.56. The first-order valence-electron chi connectivity index (χ1n) is 9.27. The molecule has 0 bridgehead atoms. The van der Waals surface area contributed by atoms with E-state index < -0.39 is 0 Å². The fraction of sp³-hybridized carbons (Fsp3) is 0.500. The van der Waals surface area contributed by atoms with Crippen LogP contribution in [0.1, 0.15) is 17.5 Å². The predicted octanol–water partition coefficient (Wildman–Crippen LogP) is 2.28. The molecule has 3 rings (SSSR count). The molecule has 2 aromatic rings. The molecule has 1 aromatic carbocycles. The van der Waals surface area contributed by atoms with Gasteiger partial charge in [0.25, 0.3) is 0 Å². The molecule has 0 spiro atoms. The molecule has 1 saturated heterocycles. The number of rotatable bonds is 8. The Hall–Kier alpha value is -1.67. The maximum atomic E-state index is 9.53. The molecular weight excluding hydrogens is 360 g/mol. The van der Waals surface area contributed by atoms with E-state index in [2.05, 4.69) is 31.9 Å². The normalized spacial score (nSPS) is 18.6. The van der Waals surface area contributed by atoms with Gasteiger partial charge in [-0.3, -0.25) is 9.80 Å². The van der Waals surface area contributed by atoms with Gasteiger partial charge in [0.1, 0.15) is 5.75 Å². The molecule has 1 aliphatic rings. The van der Waals surface area contributed by atoms with Gasteiger partial charge in [0.2, 0.25) is 0 Å². The molecule has 1 atom stereocenters. The third kappa shape index (κ3) is 5.65. The Bertz CT molecular complexity index is 713. The second kappa shape index (κ2) is 10.0. The molecule has 7 heteroatoms. The largest absolute Gasteiger partial charge is 0.497 e. The van der Waals surface area contributed by atoms with Gasteiger partial charge >= 0.3 is 0 Å². The van der Waals surface area contributed by atoms with Gasteiger partial charge in [0.05, 0.1) is 7.11 Å². The maximum absolute atomic E-state index is 9.53. The van der Waals surface area contributed by atoms with Gasteiger partial charge in [-0.1, -0.05) is 23.9 Å². The average Bonchev–Trinajstić information content (AvgIpc) is 2.71. The third-order valence-electron chi connectivity index (χ3n) is 4.94. The zero-order chi connectivity index (χ0) is 19.1. The number of hydrogen-bond acceptors (Lipinski definition) is 7.